The Morgan fingerprint density at radius 1 is 1.03 bits per heavy atom. The van der Waals surface area contributed by atoms with Gasteiger partial charge in [0.2, 0.25) is 5.91 Å². The minimum absolute atomic E-state index is 0.255. The zero-order valence-corrected chi connectivity index (χ0v) is 21.0. The standard InChI is InChI=1S/C28H25ClN2O3S/c1-3-19-4-10-22(11-5-19)24-18-35-28(30-24)31-27(32)15-9-20-8-14-25(26(16-20)33-2)34-17-21-6-12-23(29)13-7-21/h4-16,18H,3,17H2,1-2H3,(H,30,31,32). The van der Waals surface area contributed by atoms with Crippen molar-refractivity contribution in [1.29, 1.82) is 0 Å². The fourth-order valence-corrected chi connectivity index (χ4v) is 4.19. The Hall–Kier alpha value is -3.61. The van der Waals surface area contributed by atoms with Crippen LogP contribution in [0.1, 0.15) is 23.6 Å². The third kappa shape index (κ3) is 6.72. The molecule has 35 heavy (non-hydrogen) atoms. The highest BCUT2D eigenvalue weighted by Crippen LogP contribution is 2.30. The molecule has 0 unspecified atom stereocenters. The topological polar surface area (TPSA) is 60.5 Å². The summed E-state index contributed by atoms with van der Waals surface area (Å²) >= 11 is 7.32. The second kappa shape index (κ2) is 11.7. The van der Waals surface area contributed by atoms with Crippen LogP contribution in [0, 0.1) is 0 Å². The SMILES string of the molecule is CCc1ccc(-c2csc(NC(=O)C=Cc3ccc(OCc4ccc(Cl)cc4)c(OC)c3)n2)cc1. The van der Waals surface area contributed by atoms with Crippen molar-refractivity contribution in [3.05, 3.63) is 99.9 Å². The maximum absolute atomic E-state index is 12.4. The lowest BCUT2D eigenvalue weighted by Gasteiger charge is -2.11. The molecule has 1 N–H and O–H groups in total. The number of rotatable bonds is 9. The number of carbonyl (C=O) groups is 1. The molecule has 0 fully saturated rings. The van der Waals surface area contributed by atoms with E-state index in [1.165, 1.54) is 23.0 Å². The van der Waals surface area contributed by atoms with Crippen molar-refractivity contribution in [3.8, 4) is 22.8 Å². The third-order valence-electron chi connectivity index (χ3n) is 5.31. The molecular weight excluding hydrogens is 480 g/mol. The molecule has 0 saturated carbocycles. The zero-order valence-electron chi connectivity index (χ0n) is 19.5. The van der Waals surface area contributed by atoms with E-state index >= 15 is 0 Å². The van der Waals surface area contributed by atoms with Crippen molar-refractivity contribution in [2.24, 2.45) is 0 Å². The summed E-state index contributed by atoms with van der Waals surface area (Å²) in [6.07, 6.45) is 4.19. The lowest BCUT2D eigenvalue weighted by molar-refractivity contribution is -0.111. The van der Waals surface area contributed by atoms with Crippen molar-refractivity contribution in [1.82, 2.24) is 4.98 Å². The highest BCUT2D eigenvalue weighted by molar-refractivity contribution is 7.14. The molecular formula is C28H25ClN2O3S. The monoisotopic (exact) mass is 504 g/mol. The molecule has 0 aliphatic carbocycles. The Labute approximate surface area is 214 Å². The van der Waals surface area contributed by atoms with E-state index < -0.39 is 0 Å². The zero-order chi connectivity index (χ0) is 24.6. The maximum Gasteiger partial charge on any atom is 0.250 e. The average Bonchev–Trinajstić information content (AvgIpc) is 3.35. The van der Waals surface area contributed by atoms with E-state index in [-0.39, 0.29) is 5.91 Å². The van der Waals surface area contributed by atoms with Crippen molar-refractivity contribution in [2.45, 2.75) is 20.0 Å². The first kappa shape index (κ1) is 24.5. The number of benzene rings is 3. The molecule has 5 nitrogen and oxygen atoms in total. The van der Waals surface area contributed by atoms with E-state index in [9.17, 15) is 4.79 Å². The number of aryl methyl sites for hydroxylation is 1. The molecule has 4 aromatic rings. The van der Waals surface area contributed by atoms with Crippen LogP contribution in [-0.2, 0) is 17.8 Å². The number of nitrogens with zero attached hydrogens (tertiary/aromatic N) is 1. The first-order chi connectivity index (χ1) is 17.0. The molecule has 0 radical (unpaired) electrons. The van der Waals surface area contributed by atoms with Crippen LogP contribution in [0.25, 0.3) is 17.3 Å². The highest BCUT2D eigenvalue weighted by Gasteiger charge is 2.08. The van der Waals surface area contributed by atoms with E-state index in [0.717, 1.165) is 28.8 Å². The fourth-order valence-electron chi connectivity index (χ4n) is 3.34. The van der Waals surface area contributed by atoms with Crippen LogP contribution in [0.15, 0.2) is 78.2 Å². The minimum atomic E-state index is -0.255. The third-order valence-corrected chi connectivity index (χ3v) is 6.32. The van der Waals surface area contributed by atoms with E-state index in [1.54, 1.807) is 13.2 Å². The molecule has 0 spiro atoms. The number of nitrogens with one attached hydrogen (secondary N) is 1. The van der Waals surface area contributed by atoms with Crippen LogP contribution >= 0.6 is 22.9 Å². The van der Waals surface area contributed by atoms with Gasteiger partial charge in [0.05, 0.1) is 12.8 Å². The largest absolute Gasteiger partial charge is 0.493 e. The number of thiazole rings is 1. The molecule has 3 aromatic carbocycles. The molecule has 0 saturated heterocycles. The van der Waals surface area contributed by atoms with Crippen LogP contribution in [0.4, 0.5) is 5.13 Å². The second-order valence-electron chi connectivity index (χ2n) is 7.74. The van der Waals surface area contributed by atoms with Gasteiger partial charge in [0.25, 0.3) is 0 Å². The number of amides is 1. The summed E-state index contributed by atoms with van der Waals surface area (Å²) in [5.74, 6) is 0.945. The van der Waals surface area contributed by atoms with Gasteiger partial charge in [0.15, 0.2) is 16.6 Å². The van der Waals surface area contributed by atoms with Crippen LogP contribution in [0.3, 0.4) is 0 Å². The number of hydrogen-bond acceptors (Lipinski definition) is 5. The molecule has 1 amide bonds. The summed E-state index contributed by atoms with van der Waals surface area (Å²) in [5.41, 5.74) is 4.96. The average molecular weight is 505 g/mol. The summed E-state index contributed by atoms with van der Waals surface area (Å²) < 4.78 is 11.4. The van der Waals surface area contributed by atoms with Gasteiger partial charge in [0, 0.05) is 22.0 Å². The van der Waals surface area contributed by atoms with Gasteiger partial charge >= 0.3 is 0 Å². The predicted octanol–water partition coefficient (Wildman–Crippen LogP) is 7.27. The molecule has 1 heterocycles. The Kier molecular flexibility index (Phi) is 8.19. The number of aromatic nitrogens is 1. The van der Waals surface area contributed by atoms with Crippen molar-refractivity contribution >= 4 is 40.1 Å². The molecule has 0 aliphatic heterocycles. The Morgan fingerprint density at radius 3 is 2.49 bits per heavy atom. The summed E-state index contributed by atoms with van der Waals surface area (Å²) in [6, 6.07) is 21.3. The van der Waals surface area contributed by atoms with Gasteiger partial charge in [-0.3, -0.25) is 10.1 Å². The molecule has 0 bridgehead atoms. The van der Waals surface area contributed by atoms with Gasteiger partial charge in [-0.05, 0) is 53.5 Å². The number of methoxy groups -OCH3 is 1. The summed E-state index contributed by atoms with van der Waals surface area (Å²) in [7, 11) is 1.58. The molecule has 1 aromatic heterocycles. The first-order valence-corrected chi connectivity index (χ1v) is 12.4. The summed E-state index contributed by atoms with van der Waals surface area (Å²) in [6.45, 7) is 2.52. The van der Waals surface area contributed by atoms with Gasteiger partial charge in [-0.25, -0.2) is 4.98 Å². The van der Waals surface area contributed by atoms with Gasteiger partial charge in [-0.2, -0.15) is 0 Å². The van der Waals surface area contributed by atoms with Crippen LogP contribution in [0.5, 0.6) is 11.5 Å². The summed E-state index contributed by atoms with van der Waals surface area (Å²) in [4.78, 5) is 17.0. The van der Waals surface area contributed by atoms with E-state index in [2.05, 4.69) is 41.5 Å². The Balaban J connectivity index is 1.36. The van der Waals surface area contributed by atoms with E-state index in [1.807, 2.05) is 47.8 Å². The molecule has 7 heteroatoms. The second-order valence-corrected chi connectivity index (χ2v) is 9.03. The Morgan fingerprint density at radius 2 is 1.77 bits per heavy atom. The van der Waals surface area contributed by atoms with Crippen LogP contribution in [0.2, 0.25) is 5.02 Å². The number of halogens is 1. The number of ether oxygens (including phenoxy) is 2. The number of carbonyl (C=O) groups excluding carboxylic acids is 1. The molecule has 0 aliphatic rings. The predicted molar refractivity (Wildman–Crippen MR) is 143 cm³/mol. The van der Waals surface area contributed by atoms with Crippen molar-refractivity contribution in [3.63, 3.8) is 0 Å². The van der Waals surface area contributed by atoms with Crippen molar-refractivity contribution in [2.75, 3.05) is 12.4 Å². The smallest absolute Gasteiger partial charge is 0.250 e. The van der Waals surface area contributed by atoms with Gasteiger partial charge in [-0.1, -0.05) is 61.0 Å². The van der Waals surface area contributed by atoms with Gasteiger partial charge in [0.1, 0.15) is 6.61 Å². The van der Waals surface area contributed by atoms with E-state index in [4.69, 9.17) is 21.1 Å². The molecule has 0 atom stereocenters. The fraction of sp³-hybridized carbons (Fsp3) is 0.143. The maximum atomic E-state index is 12.4. The lowest BCUT2D eigenvalue weighted by atomic mass is 10.1. The van der Waals surface area contributed by atoms with Gasteiger partial charge < -0.3 is 9.47 Å². The Bertz CT molecular complexity index is 1320. The van der Waals surface area contributed by atoms with Crippen molar-refractivity contribution < 1.29 is 14.3 Å². The quantitative estimate of drug-likeness (QED) is 0.243. The highest BCUT2D eigenvalue weighted by atomic mass is 35.5. The van der Waals surface area contributed by atoms with Gasteiger partial charge in [-0.15, -0.1) is 11.3 Å². The van der Waals surface area contributed by atoms with Crippen LogP contribution < -0.4 is 14.8 Å². The number of hydrogen-bond donors (Lipinski definition) is 1. The van der Waals surface area contributed by atoms with Crippen LogP contribution in [-0.4, -0.2) is 18.0 Å². The van der Waals surface area contributed by atoms with E-state index in [0.29, 0.717) is 28.3 Å². The minimum Gasteiger partial charge on any atom is -0.493 e. The normalized spacial score (nSPS) is 10.9. The summed E-state index contributed by atoms with van der Waals surface area (Å²) in [5, 5.41) is 6.00. The lowest BCUT2D eigenvalue weighted by Crippen LogP contribution is -2.07. The molecule has 4 rings (SSSR count). The number of anilines is 1. The first-order valence-electron chi connectivity index (χ1n) is 11.1. The molecule has 178 valence electrons.